The molecule has 2 fully saturated rings. The van der Waals surface area contributed by atoms with Crippen LogP contribution in [0.5, 0.6) is 0 Å². The maximum atomic E-state index is 14.3. The first-order chi connectivity index (χ1) is 22.0. The lowest BCUT2D eigenvalue weighted by atomic mass is 9.96. The Kier molecular flexibility index (Phi) is 7.62. The van der Waals surface area contributed by atoms with Crippen molar-refractivity contribution in [1.82, 2.24) is 39.0 Å². The molecule has 15 heteroatoms. The normalized spacial score (nSPS) is 21.9. The van der Waals surface area contributed by atoms with Gasteiger partial charge in [-0.2, -0.15) is 18.2 Å². The first kappa shape index (κ1) is 30.4. The van der Waals surface area contributed by atoms with E-state index >= 15 is 0 Å². The molecule has 4 aromatic heterocycles. The summed E-state index contributed by atoms with van der Waals surface area (Å²) in [6.07, 6.45) is -1.32. The number of pyridine rings is 1. The molecule has 7 rings (SSSR count). The van der Waals surface area contributed by atoms with Crippen LogP contribution in [-0.4, -0.2) is 76.9 Å². The monoisotopic (exact) mass is 641 g/mol. The van der Waals surface area contributed by atoms with Crippen molar-refractivity contribution in [2.24, 2.45) is 0 Å². The predicted octanol–water partition coefficient (Wildman–Crippen LogP) is 5.34. The standard InChI is InChI=1S/C31H32F5N9O/c1-17-14-43(28-25-29(45-16-37-41-30(45)40-28)44(19(3)38-25)15-22-5-4-12-46-22)18(2)13-42(17)26(20-6-8-21(32)9-7-20)24-11-10-23(33)27(39-24)31(34,35)36/h6-11,16-18,22,26H,4-5,12-15H2,1-3H3/t17-,18+,22+,26-/m1/s1. The molecule has 0 aliphatic carbocycles. The van der Waals surface area contributed by atoms with Crippen LogP contribution in [0.3, 0.4) is 0 Å². The van der Waals surface area contributed by atoms with Crippen molar-refractivity contribution in [3.05, 3.63) is 77.1 Å². The van der Waals surface area contributed by atoms with E-state index < -0.39 is 29.5 Å². The summed E-state index contributed by atoms with van der Waals surface area (Å²) >= 11 is 0. The summed E-state index contributed by atoms with van der Waals surface area (Å²) in [5.41, 5.74) is 0.454. The van der Waals surface area contributed by atoms with Gasteiger partial charge in [0, 0.05) is 31.8 Å². The van der Waals surface area contributed by atoms with Gasteiger partial charge in [-0.05, 0) is 63.4 Å². The van der Waals surface area contributed by atoms with E-state index in [9.17, 15) is 22.0 Å². The van der Waals surface area contributed by atoms with Crippen molar-refractivity contribution >= 4 is 22.8 Å². The Bertz CT molecular complexity index is 1880. The minimum atomic E-state index is -4.98. The first-order valence-electron chi connectivity index (χ1n) is 15.2. The molecule has 10 nitrogen and oxygen atoms in total. The molecule has 0 saturated carbocycles. The van der Waals surface area contributed by atoms with Crippen LogP contribution in [-0.2, 0) is 17.5 Å². The zero-order valence-corrected chi connectivity index (χ0v) is 25.4. The number of anilines is 1. The number of rotatable bonds is 6. The second-order valence-electron chi connectivity index (χ2n) is 12.1. The Morgan fingerprint density at radius 1 is 0.978 bits per heavy atom. The number of alkyl halides is 3. The van der Waals surface area contributed by atoms with Crippen molar-refractivity contribution in [2.45, 2.75) is 70.6 Å². The van der Waals surface area contributed by atoms with Gasteiger partial charge in [-0.15, -0.1) is 10.2 Å². The van der Waals surface area contributed by atoms with Gasteiger partial charge in [0.2, 0.25) is 0 Å². The molecule has 242 valence electrons. The van der Waals surface area contributed by atoms with Crippen molar-refractivity contribution in [1.29, 1.82) is 0 Å². The minimum absolute atomic E-state index is 0.0155. The van der Waals surface area contributed by atoms with Crippen LogP contribution in [0.1, 0.15) is 55.5 Å². The molecule has 0 radical (unpaired) electrons. The smallest absolute Gasteiger partial charge is 0.376 e. The summed E-state index contributed by atoms with van der Waals surface area (Å²) in [5.74, 6) is -0.0919. The third-order valence-electron chi connectivity index (χ3n) is 8.96. The van der Waals surface area contributed by atoms with Gasteiger partial charge in [0.25, 0.3) is 5.78 Å². The van der Waals surface area contributed by atoms with Crippen LogP contribution in [0, 0.1) is 18.6 Å². The van der Waals surface area contributed by atoms with Gasteiger partial charge in [-0.3, -0.25) is 4.90 Å². The number of benzene rings is 1. The molecule has 2 saturated heterocycles. The molecular formula is C31H32F5N9O. The van der Waals surface area contributed by atoms with Gasteiger partial charge in [-0.25, -0.2) is 23.1 Å². The molecule has 0 spiro atoms. The average molecular weight is 642 g/mol. The average Bonchev–Trinajstić information content (AvgIpc) is 3.77. The van der Waals surface area contributed by atoms with Crippen LogP contribution in [0.25, 0.3) is 16.9 Å². The highest BCUT2D eigenvalue weighted by atomic mass is 19.4. The highest BCUT2D eigenvalue weighted by molar-refractivity contribution is 5.87. The van der Waals surface area contributed by atoms with Crippen molar-refractivity contribution in [3.8, 4) is 0 Å². The number of hydrogen-bond donors (Lipinski definition) is 0. The molecule has 0 unspecified atom stereocenters. The van der Waals surface area contributed by atoms with E-state index in [2.05, 4.69) is 24.6 Å². The van der Waals surface area contributed by atoms with Gasteiger partial charge in [0.1, 0.15) is 23.5 Å². The maximum absolute atomic E-state index is 14.3. The van der Waals surface area contributed by atoms with Gasteiger partial charge in [0.15, 0.2) is 23.0 Å². The number of fused-ring (bicyclic) bond motifs is 3. The zero-order chi connectivity index (χ0) is 32.3. The van der Waals surface area contributed by atoms with E-state index in [-0.39, 0.29) is 23.9 Å². The number of piperazine rings is 1. The Hall–Kier alpha value is -4.24. The molecule has 2 aliphatic heterocycles. The Morgan fingerprint density at radius 3 is 2.48 bits per heavy atom. The van der Waals surface area contributed by atoms with Gasteiger partial charge < -0.3 is 14.2 Å². The van der Waals surface area contributed by atoms with Crippen LogP contribution >= 0.6 is 0 Å². The first-order valence-corrected chi connectivity index (χ1v) is 15.2. The number of aryl methyl sites for hydroxylation is 1. The largest absolute Gasteiger partial charge is 0.436 e. The van der Waals surface area contributed by atoms with Crippen LogP contribution in [0.15, 0.2) is 42.7 Å². The van der Waals surface area contributed by atoms with Crippen molar-refractivity contribution in [2.75, 3.05) is 24.6 Å². The van der Waals surface area contributed by atoms with Crippen LogP contribution < -0.4 is 4.90 Å². The second kappa shape index (κ2) is 11.5. The lowest BCUT2D eigenvalue weighted by molar-refractivity contribution is -0.143. The van der Waals surface area contributed by atoms with Gasteiger partial charge in [0.05, 0.1) is 24.4 Å². The Morgan fingerprint density at radius 2 is 1.76 bits per heavy atom. The lowest BCUT2D eigenvalue weighted by Crippen LogP contribution is -2.57. The molecule has 0 N–H and O–H groups in total. The topological polar surface area (TPSA) is 89.5 Å². The highest BCUT2D eigenvalue weighted by Crippen LogP contribution is 2.38. The van der Waals surface area contributed by atoms with Gasteiger partial charge >= 0.3 is 6.18 Å². The van der Waals surface area contributed by atoms with Crippen molar-refractivity contribution < 1.29 is 26.7 Å². The van der Waals surface area contributed by atoms with E-state index in [0.29, 0.717) is 42.3 Å². The fraction of sp³-hybridized carbons (Fsp3) is 0.452. The SMILES string of the molecule is Cc1nc2c(N3C[C@@H](C)N([C@H](c4ccc(F)cc4)c4ccc(F)c(C(F)(F)F)n4)C[C@@H]3C)nc3nncn3c2n1C[C@@H]1CCCO1. The summed E-state index contributed by atoms with van der Waals surface area (Å²) in [6, 6.07) is 6.34. The molecule has 46 heavy (non-hydrogen) atoms. The summed E-state index contributed by atoms with van der Waals surface area (Å²) in [6.45, 7) is 8.06. The summed E-state index contributed by atoms with van der Waals surface area (Å²) in [5, 5.41) is 8.35. The second-order valence-corrected chi connectivity index (χ2v) is 12.1. The summed E-state index contributed by atoms with van der Waals surface area (Å²) in [4.78, 5) is 17.7. The Labute approximate surface area is 260 Å². The molecule has 0 amide bonds. The third kappa shape index (κ3) is 5.34. The molecule has 1 aromatic carbocycles. The molecule has 2 aliphatic rings. The quantitative estimate of drug-likeness (QED) is 0.230. The Balaban J connectivity index is 1.28. The number of aromatic nitrogens is 7. The van der Waals surface area contributed by atoms with E-state index in [1.54, 1.807) is 6.33 Å². The van der Waals surface area contributed by atoms with E-state index in [1.165, 1.54) is 30.3 Å². The molecule has 0 bridgehead atoms. The van der Waals surface area contributed by atoms with E-state index in [4.69, 9.17) is 14.7 Å². The van der Waals surface area contributed by atoms with Crippen LogP contribution in [0.2, 0.25) is 0 Å². The molecule has 4 atom stereocenters. The third-order valence-corrected chi connectivity index (χ3v) is 8.96. The number of nitrogens with zero attached hydrogens (tertiary/aromatic N) is 9. The number of imidazole rings is 1. The number of ether oxygens (including phenoxy) is 1. The van der Waals surface area contributed by atoms with Gasteiger partial charge in [-0.1, -0.05) is 12.1 Å². The summed E-state index contributed by atoms with van der Waals surface area (Å²) in [7, 11) is 0. The van der Waals surface area contributed by atoms with E-state index in [1.807, 2.05) is 30.1 Å². The maximum Gasteiger partial charge on any atom is 0.436 e. The molecule has 5 aromatic rings. The minimum Gasteiger partial charge on any atom is -0.376 e. The number of hydrogen-bond acceptors (Lipinski definition) is 8. The molecule has 6 heterocycles. The fourth-order valence-electron chi connectivity index (χ4n) is 6.75. The molecular weight excluding hydrogens is 609 g/mol. The lowest BCUT2D eigenvalue weighted by Gasteiger charge is -2.47. The fourth-order valence-corrected chi connectivity index (χ4v) is 6.75. The van der Waals surface area contributed by atoms with Crippen molar-refractivity contribution in [3.63, 3.8) is 0 Å². The van der Waals surface area contributed by atoms with E-state index in [0.717, 1.165) is 37.0 Å². The summed E-state index contributed by atoms with van der Waals surface area (Å²) < 4.78 is 79.2. The predicted molar refractivity (Wildman–Crippen MR) is 158 cm³/mol. The number of halogens is 5. The van der Waals surface area contributed by atoms with Crippen LogP contribution in [0.4, 0.5) is 27.8 Å². The highest BCUT2D eigenvalue weighted by Gasteiger charge is 2.40. The zero-order valence-electron chi connectivity index (χ0n) is 25.4.